The summed E-state index contributed by atoms with van der Waals surface area (Å²) in [4.78, 5) is 14.0. The Labute approximate surface area is 100 Å². The van der Waals surface area contributed by atoms with Crippen LogP contribution in [0.2, 0.25) is 0 Å². The highest BCUT2D eigenvalue weighted by molar-refractivity contribution is 5.99. The van der Waals surface area contributed by atoms with Crippen molar-refractivity contribution in [3.8, 4) is 11.5 Å². The SMILES string of the molecule is CCC1CCCN1C(=O)c1c(O)cccc1O. The third-order valence-corrected chi connectivity index (χ3v) is 3.34. The van der Waals surface area contributed by atoms with E-state index >= 15 is 0 Å². The van der Waals surface area contributed by atoms with Gasteiger partial charge in [-0.15, -0.1) is 0 Å². The minimum Gasteiger partial charge on any atom is -0.507 e. The topological polar surface area (TPSA) is 60.8 Å². The van der Waals surface area contributed by atoms with Gasteiger partial charge in [0.25, 0.3) is 5.91 Å². The molecule has 4 heteroatoms. The van der Waals surface area contributed by atoms with Crippen LogP contribution in [0.25, 0.3) is 0 Å². The number of amides is 1. The van der Waals surface area contributed by atoms with Gasteiger partial charge in [-0.05, 0) is 31.4 Å². The molecule has 1 atom stereocenters. The highest BCUT2D eigenvalue weighted by Gasteiger charge is 2.30. The van der Waals surface area contributed by atoms with Crippen molar-refractivity contribution in [2.75, 3.05) is 6.54 Å². The summed E-state index contributed by atoms with van der Waals surface area (Å²) in [6.45, 7) is 2.74. The molecule has 0 spiro atoms. The fraction of sp³-hybridized carbons (Fsp3) is 0.462. The van der Waals surface area contributed by atoms with E-state index in [4.69, 9.17) is 0 Å². The first-order valence-corrected chi connectivity index (χ1v) is 5.97. The molecule has 1 aliphatic heterocycles. The third kappa shape index (κ3) is 2.07. The van der Waals surface area contributed by atoms with Crippen molar-refractivity contribution < 1.29 is 15.0 Å². The molecule has 1 heterocycles. The van der Waals surface area contributed by atoms with Crippen LogP contribution in [0.15, 0.2) is 18.2 Å². The monoisotopic (exact) mass is 235 g/mol. The Kier molecular flexibility index (Phi) is 3.22. The molecule has 2 rings (SSSR count). The van der Waals surface area contributed by atoms with Crippen LogP contribution in [0.3, 0.4) is 0 Å². The Hall–Kier alpha value is -1.71. The van der Waals surface area contributed by atoms with Gasteiger partial charge in [-0.25, -0.2) is 0 Å². The maximum absolute atomic E-state index is 12.3. The first-order chi connectivity index (χ1) is 8.15. The predicted molar refractivity (Wildman–Crippen MR) is 64.1 cm³/mol. The normalized spacial score (nSPS) is 19.6. The molecule has 1 aliphatic rings. The van der Waals surface area contributed by atoms with Crippen molar-refractivity contribution >= 4 is 5.91 Å². The molecular formula is C13H17NO3. The number of hydrogen-bond donors (Lipinski definition) is 2. The number of carbonyl (C=O) groups excluding carboxylic acids is 1. The van der Waals surface area contributed by atoms with Crippen LogP contribution in [0, 0.1) is 0 Å². The number of phenols is 2. The van der Waals surface area contributed by atoms with Crippen LogP contribution in [0.5, 0.6) is 11.5 Å². The van der Waals surface area contributed by atoms with Crippen molar-refractivity contribution in [1.82, 2.24) is 4.90 Å². The van der Waals surface area contributed by atoms with Gasteiger partial charge in [0.05, 0.1) is 0 Å². The lowest BCUT2D eigenvalue weighted by molar-refractivity contribution is 0.0727. The molecule has 0 saturated carbocycles. The van der Waals surface area contributed by atoms with E-state index in [0.717, 1.165) is 19.3 Å². The van der Waals surface area contributed by atoms with E-state index in [-0.39, 0.29) is 29.0 Å². The van der Waals surface area contributed by atoms with Crippen LogP contribution < -0.4 is 0 Å². The van der Waals surface area contributed by atoms with E-state index in [1.54, 1.807) is 4.90 Å². The first-order valence-electron chi connectivity index (χ1n) is 5.97. The van der Waals surface area contributed by atoms with E-state index in [9.17, 15) is 15.0 Å². The second-order valence-corrected chi connectivity index (χ2v) is 4.37. The molecule has 1 unspecified atom stereocenters. The van der Waals surface area contributed by atoms with Gasteiger partial charge in [0.1, 0.15) is 17.1 Å². The summed E-state index contributed by atoms with van der Waals surface area (Å²) in [5.74, 6) is -0.585. The van der Waals surface area contributed by atoms with Crippen molar-refractivity contribution in [2.45, 2.75) is 32.2 Å². The number of nitrogens with zero attached hydrogens (tertiary/aromatic N) is 1. The van der Waals surface area contributed by atoms with Gasteiger partial charge in [-0.1, -0.05) is 13.0 Å². The molecule has 1 aromatic carbocycles. The molecule has 1 amide bonds. The summed E-state index contributed by atoms with van der Waals surface area (Å²) in [6.07, 6.45) is 2.88. The van der Waals surface area contributed by atoms with Gasteiger partial charge < -0.3 is 15.1 Å². The van der Waals surface area contributed by atoms with Crippen molar-refractivity contribution in [3.63, 3.8) is 0 Å². The lowest BCUT2D eigenvalue weighted by Gasteiger charge is -2.24. The quantitative estimate of drug-likeness (QED) is 0.825. The molecule has 4 nitrogen and oxygen atoms in total. The molecule has 2 N–H and O–H groups in total. The van der Waals surface area contributed by atoms with E-state index in [1.165, 1.54) is 18.2 Å². The van der Waals surface area contributed by atoms with Crippen molar-refractivity contribution in [3.05, 3.63) is 23.8 Å². The molecule has 17 heavy (non-hydrogen) atoms. The van der Waals surface area contributed by atoms with Crippen LogP contribution in [0.1, 0.15) is 36.5 Å². The van der Waals surface area contributed by atoms with E-state index in [2.05, 4.69) is 0 Å². The first kappa shape index (κ1) is 11.8. The molecule has 1 aromatic rings. The Bertz CT molecular complexity index is 410. The largest absolute Gasteiger partial charge is 0.507 e. The summed E-state index contributed by atoms with van der Waals surface area (Å²) < 4.78 is 0. The number of likely N-dealkylation sites (tertiary alicyclic amines) is 1. The van der Waals surface area contributed by atoms with Crippen LogP contribution in [0.4, 0.5) is 0 Å². The zero-order valence-electron chi connectivity index (χ0n) is 9.89. The molecule has 0 aliphatic carbocycles. The minimum atomic E-state index is -0.273. The van der Waals surface area contributed by atoms with Gasteiger partial charge >= 0.3 is 0 Å². The fourth-order valence-corrected chi connectivity index (χ4v) is 2.42. The summed E-state index contributed by atoms with van der Waals surface area (Å²) in [6, 6.07) is 4.58. The van der Waals surface area contributed by atoms with Crippen molar-refractivity contribution in [1.29, 1.82) is 0 Å². The highest BCUT2D eigenvalue weighted by Crippen LogP contribution is 2.31. The molecule has 0 bridgehead atoms. The molecule has 1 saturated heterocycles. The molecular weight excluding hydrogens is 218 g/mol. The smallest absolute Gasteiger partial charge is 0.261 e. The number of benzene rings is 1. The molecule has 1 fully saturated rings. The zero-order valence-corrected chi connectivity index (χ0v) is 9.89. The van der Waals surface area contributed by atoms with E-state index in [1.807, 2.05) is 6.92 Å². The Balaban J connectivity index is 2.31. The molecule has 0 aromatic heterocycles. The Morgan fingerprint density at radius 2 is 2.06 bits per heavy atom. The fourth-order valence-electron chi connectivity index (χ4n) is 2.42. The number of carbonyl (C=O) groups is 1. The summed E-state index contributed by atoms with van der Waals surface area (Å²) in [7, 11) is 0. The summed E-state index contributed by atoms with van der Waals surface area (Å²) in [5.41, 5.74) is 0.0212. The summed E-state index contributed by atoms with van der Waals surface area (Å²) in [5, 5.41) is 19.3. The minimum absolute atomic E-state index is 0.0212. The lowest BCUT2D eigenvalue weighted by atomic mass is 10.1. The van der Waals surface area contributed by atoms with Crippen LogP contribution in [-0.4, -0.2) is 33.6 Å². The van der Waals surface area contributed by atoms with Gasteiger partial charge in [-0.2, -0.15) is 0 Å². The second-order valence-electron chi connectivity index (χ2n) is 4.37. The van der Waals surface area contributed by atoms with Crippen LogP contribution in [-0.2, 0) is 0 Å². The molecule has 92 valence electrons. The van der Waals surface area contributed by atoms with Crippen molar-refractivity contribution in [2.24, 2.45) is 0 Å². The predicted octanol–water partition coefficient (Wildman–Crippen LogP) is 2.11. The van der Waals surface area contributed by atoms with E-state index < -0.39 is 0 Å². The maximum atomic E-state index is 12.3. The van der Waals surface area contributed by atoms with Gasteiger partial charge in [0.2, 0.25) is 0 Å². The standard InChI is InChI=1S/C13H17NO3/c1-2-9-5-4-8-14(9)13(17)12-10(15)6-3-7-11(12)16/h3,6-7,9,15-16H,2,4-5,8H2,1H3. The summed E-state index contributed by atoms with van der Waals surface area (Å²) >= 11 is 0. The third-order valence-electron chi connectivity index (χ3n) is 3.34. The van der Waals surface area contributed by atoms with Gasteiger partial charge in [0.15, 0.2) is 0 Å². The number of phenolic OH excluding ortho intramolecular Hbond substituents is 2. The highest BCUT2D eigenvalue weighted by atomic mass is 16.3. The zero-order chi connectivity index (χ0) is 12.4. The second kappa shape index (κ2) is 4.65. The number of aromatic hydroxyl groups is 2. The lowest BCUT2D eigenvalue weighted by Crippen LogP contribution is -2.35. The maximum Gasteiger partial charge on any atom is 0.261 e. The Morgan fingerprint density at radius 3 is 2.65 bits per heavy atom. The average Bonchev–Trinajstić information content (AvgIpc) is 2.76. The Morgan fingerprint density at radius 1 is 1.41 bits per heavy atom. The van der Waals surface area contributed by atoms with Gasteiger partial charge in [-0.3, -0.25) is 4.79 Å². The molecule has 0 radical (unpaired) electrons. The average molecular weight is 235 g/mol. The number of rotatable bonds is 2. The number of hydrogen-bond acceptors (Lipinski definition) is 3. The van der Waals surface area contributed by atoms with Gasteiger partial charge in [0, 0.05) is 12.6 Å². The van der Waals surface area contributed by atoms with E-state index in [0.29, 0.717) is 6.54 Å². The van der Waals surface area contributed by atoms with Crippen LogP contribution >= 0.6 is 0 Å².